The van der Waals surface area contributed by atoms with Gasteiger partial charge in [0, 0.05) is 44.7 Å². The highest BCUT2D eigenvalue weighted by atomic mass is 16.5. The number of carbonyl (C=O) groups is 2. The SMILES string of the molecule is CN=CN=C(N)c1ccc(C2=CCN(C(=O)CN3CC[C@]4(CCN(c5ccc(C)c(C(=N)C6C[C@@H](C)O[C@@H](C)C6)n5)C4=O)C3)CC2)cc1. The van der Waals surface area contributed by atoms with Crippen LogP contribution in [0.5, 0.6) is 0 Å². The van der Waals surface area contributed by atoms with Crippen molar-refractivity contribution in [2.24, 2.45) is 27.1 Å². The Morgan fingerprint density at radius 3 is 2.52 bits per heavy atom. The molecular formula is C37H48N8O3. The molecule has 6 rings (SSSR count). The van der Waals surface area contributed by atoms with Crippen LogP contribution in [-0.4, -0.2) is 103 Å². The van der Waals surface area contributed by atoms with Crippen molar-refractivity contribution in [2.75, 3.05) is 51.2 Å². The third-order valence-electron chi connectivity index (χ3n) is 10.4. The molecule has 1 aromatic heterocycles. The zero-order valence-electron chi connectivity index (χ0n) is 28.6. The molecule has 48 heavy (non-hydrogen) atoms. The molecule has 11 heteroatoms. The quantitative estimate of drug-likeness (QED) is 0.326. The van der Waals surface area contributed by atoms with Crippen LogP contribution in [0, 0.1) is 23.7 Å². The molecule has 3 fully saturated rings. The van der Waals surface area contributed by atoms with Crippen molar-refractivity contribution >= 4 is 41.1 Å². The molecule has 1 aromatic carbocycles. The molecule has 5 heterocycles. The van der Waals surface area contributed by atoms with E-state index in [-0.39, 0.29) is 29.9 Å². The number of pyridine rings is 1. The highest BCUT2D eigenvalue weighted by molar-refractivity contribution is 6.03. The van der Waals surface area contributed by atoms with Crippen LogP contribution in [0.25, 0.3) is 5.57 Å². The van der Waals surface area contributed by atoms with E-state index in [0.29, 0.717) is 55.8 Å². The Morgan fingerprint density at radius 1 is 1.10 bits per heavy atom. The lowest BCUT2D eigenvalue weighted by atomic mass is 9.85. The van der Waals surface area contributed by atoms with Gasteiger partial charge in [0.2, 0.25) is 11.8 Å². The van der Waals surface area contributed by atoms with Gasteiger partial charge in [-0.15, -0.1) is 0 Å². The fraction of sp³-hybridized carbons (Fsp3) is 0.514. The molecule has 2 amide bonds. The smallest absolute Gasteiger partial charge is 0.237 e. The fourth-order valence-corrected chi connectivity index (χ4v) is 7.79. The van der Waals surface area contributed by atoms with Gasteiger partial charge in [-0.05, 0) is 82.2 Å². The first-order valence-corrected chi connectivity index (χ1v) is 17.1. The van der Waals surface area contributed by atoms with E-state index in [9.17, 15) is 9.59 Å². The molecular weight excluding hydrogens is 604 g/mol. The second-order valence-electron chi connectivity index (χ2n) is 13.9. The second-order valence-corrected chi connectivity index (χ2v) is 13.9. The number of hydrogen-bond acceptors (Lipinski definition) is 7. The van der Waals surface area contributed by atoms with Crippen molar-refractivity contribution in [1.82, 2.24) is 14.8 Å². The number of aliphatic imine (C=N–C) groups is 2. The van der Waals surface area contributed by atoms with Gasteiger partial charge < -0.3 is 20.8 Å². The normalized spacial score (nSPS) is 26.9. The maximum Gasteiger partial charge on any atom is 0.237 e. The van der Waals surface area contributed by atoms with E-state index < -0.39 is 5.41 Å². The standard InChI is InChI=1S/C37H48N8O3/c1-24-5-10-31(42-34(24)33(38)30-19-25(2)48-26(3)20-30)45-18-14-37(36(45)47)13-17-43(22-37)21-32(46)44-15-11-28(12-16-44)27-6-8-29(9-7-27)35(39)41-23-40-4/h5-11,23,25-26,30,38H,12-22H2,1-4H3,(H2,39,40,41)/t25-,26+,30?,37-/m0/s1. The second kappa shape index (κ2) is 14.1. The summed E-state index contributed by atoms with van der Waals surface area (Å²) in [5, 5.41) is 9.01. The van der Waals surface area contributed by atoms with Crippen LogP contribution in [0.15, 0.2) is 52.5 Å². The minimum atomic E-state index is -0.495. The highest BCUT2D eigenvalue weighted by Crippen LogP contribution is 2.42. The Hall–Kier alpha value is -4.22. The summed E-state index contributed by atoms with van der Waals surface area (Å²) in [6.45, 7) is 9.57. The maximum absolute atomic E-state index is 14.0. The molecule has 4 atom stereocenters. The van der Waals surface area contributed by atoms with Crippen LogP contribution >= 0.6 is 0 Å². The minimum Gasteiger partial charge on any atom is -0.383 e. The van der Waals surface area contributed by atoms with Crippen molar-refractivity contribution < 1.29 is 14.3 Å². The average Bonchev–Trinajstić information content (AvgIpc) is 3.64. The molecule has 0 radical (unpaired) electrons. The largest absolute Gasteiger partial charge is 0.383 e. The zero-order chi connectivity index (χ0) is 34.0. The van der Waals surface area contributed by atoms with Gasteiger partial charge in [-0.25, -0.2) is 9.98 Å². The number of nitrogens with one attached hydrogen (secondary N) is 1. The summed E-state index contributed by atoms with van der Waals surface area (Å²) in [7, 11) is 1.65. The Bertz CT molecular complexity index is 1640. The number of aromatic nitrogens is 1. The first kappa shape index (κ1) is 33.7. The molecule has 1 spiro atoms. The summed E-state index contributed by atoms with van der Waals surface area (Å²) >= 11 is 0. The monoisotopic (exact) mass is 652 g/mol. The van der Waals surface area contributed by atoms with Gasteiger partial charge in [-0.2, -0.15) is 0 Å². The number of nitrogens with zero attached hydrogens (tertiary/aromatic N) is 6. The molecule has 3 saturated heterocycles. The maximum atomic E-state index is 14.0. The summed E-state index contributed by atoms with van der Waals surface area (Å²) < 4.78 is 5.90. The molecule has 3 N–H and O–H groups in total. The number of hydrogen-bond donors (Lipinski definition) is 2. The summed E-state index contributed by atoms with van der Waals surface area (Å²) in [5.74, 6) is 1.32. The predicted molar refractivity (Wildman–Crippen MR) is 190 cm³/mol. The number of nitrogens with two attached hydrogens (primary N) is 1. The number of rotatable bonds is 8. The van der Waals surface area contributed by atoms with Gasteiger partial charge in [0.25, 0.3) is 0 Å². The van der Waals surface area contributed by atoms with E-state index in [1.54, 1.807) is 11.9 Å². The van der Waals surface area contributed by atoms with Crippen LogP contribution in [0.4, 0.5) is 5.82 Å². The molecule has 0 bridgehead atoms. The number of likely N-dealkylation sites (tertiary alicyclic amines) is 1. The number of anilines is 1. The molecule has 1 unspecified atom stereocenters. The van der Waals surface area contributed by atoms with Gasteiger partial charge in [0.05, 0.1) is 35.6 Å². The first-order chi connectivity index (χ1) is 23.1. The third kappa shape index (κ3) is 6.98. The molecule has 0 saturated carbocycles. The van der Waals surface area contributed by atoms with E-state index in [1.165, 1.54) is 11.9 Å². The highest BCUT2D eigenvalue weighted by Gasteiger charge is 2.51. The van der Waals surface area contributed by atoms with Crippen LogP contribution in [0.1, 0.15) is 68.3 Å². The Labute approximate surface area is 283 Å². The van der Waals surface area contributed by atoms with Crippen LogP contribution in [0.3, 0.4) is 0 Å². The van der Waals surface area contributed by atoms with Gasteiger partial charge >= 0.3 is 0 Å². The lowest BCUT2D eigenvalue weighted by Gasteiger charge is -2.32. The Balaban J connectivity index is 1.04. The van der Waals surface area contributed by atoms with E-state index in [0.717, 1.165) is 55.3 Å². The number of amides is 2. The summed E-state index contributed by atoms with van der Waals surface area (Å²) in [5.41, 5.74) is 10.9. The van der Waals surface area contributed by atoms with Gasteiger partial charge in [0.1, 0.15) is 18.0 Å². The molecule has 0 aliphatic carbocycles. The van der Waals surface area contributed by atoms with Gasteiger partial charge in [0.15, 0.2) is 0 Å². The van der Waals surface area contributed by atoms with E-state index >= 15 is 0 Å². The van der Waals surface area contributed by atoms with Crippen molar-refractivity contribution in [2.45, 2.75) is 65.1 Å². The van der Waals surface area contributed by atoms with E-state index in [1.807, 2.05) is 48.2 Å². The lowest BCUT2D eigenvalue weighted by molar-refractivity contribution is -0.132. The van der Waals surface area contributed by atoms with Crippen LogP contribution in [0.2, 0.25) is 0 Å². The number of aryl methyl sites for hydroxylation is 1. The van der Waals surface area contributed by atoms with Crippen molar-refractivity contribution in [3.05, 3.63) is 64.9 Å². The Morgan fingerprint density at radius 2 is 1.83 bits per heavy atom. The molecule has 254 valence electrons. The number of benzene rings is 1. The van der Waals surface area contributed by atoms with Gasteiger partial charge in [-0.1, -0.05) is 36.4 Å². The first-order valence-electron chi connectivity index (χ1n) is 17.1. The summed E-state index contributed by atoms with van der Waals surface area (Å²) in [4.78, 5) is 46.0. The molecule has 2 aromatic rings. The number of amidine groups is 1. The Kier molecular flexibility index (Phi) is 9.89. The molecule has 4 aliphatic rings. The zero-order valence-corrected chi connectivity index (χ0v) is 28.6. The fourth-order valence-electron chi connectivity index (χ4n) is 7.79. The predicted octanol–water partition coefficient (Wildman–Crippen LogP) is 4.07. The van der Waals surface area contributed by atoms with Crippen molar-refractivity contribution in [3.8, 4) is 0 Å². The van der Waals surface area contributed by atoms with Crippen molar-refractivity contribution in [1.29, 1.82) is 5.41 Å². The van der Waals surface area contributed by atoms with Crippen LogP contribution in [-0.2, 0) is 14.3 Å². The van der Waals surface area contributed by atoms with Crippen LogP contribution < -0.4 is 10.6 Å². The lowest BCUT2D eigenvalue weighted by Crippen LogP contribution is -2.43. The average molecular weight is 653 g/mol. The van der Waals surface area contributed by atoms with Gasteiger partial charge in [-0.3, -0.25) is 24.4 Å². The van der Waals surface area contributed by atoms with E-state index in [4.69, 9.17) is 20.9 Å². The van der Waals surface area contributed by atoms with E-state index in [2.05, 4.69) is 34.8 Å². The third-order valence-corrected chi connectivity index (χ3v) is 10.4. The molecule has 4 aliphatic heterocycles. The number of ether oxygens (including phenoxy) is 1. The number of carbonyl (C=O) groups excluding carboxylic acids is 2. The van der Waals surface area contributed by atoms with Crippen molar-refractivity contribution in [3.63, 3.8) is 0 Å². The minimum absolute atomic E-state index is 0.0858. The molecule has 11 nitrogen and oxygen atoms in total. The summed E-state index contributed by atoms with van der Waals surface area (Å²) in [6.07, 6.45) is 7.66. The topological polar surface area (TPSA) is 141 Å². The summed E-state index contributed by atoms with van der Waals surface area (Å²) in [6, 6.07) is 11.9.